The molecule has 1 aromatic carbocycles. The molecule has 1 heterocycles. The lowest BCUT2D eigenvalue weighted by atomic mass is 9.93. The van der Waals surface area contributed by atoms with E-state index in [1.54, 1.807) is 24.3 Å². The third kappa shape index (κ3) is 4.02. The SMILES string of the molecule is CCCN1C(=O)[C@H](O)[C@H](O)[C@H](O)[C@H]1CNC(=O)Nc1ccccc1. The summed E-state index contributed by atoms with van der Waals surface area (Å²) < 4.78 is 0. The number of amides is 3. The zero-order valence-electron chi connectivity index (χ0n) is 13.4. The van der Waals surface area contributed by atoms with Crippen molar-refractivity contribution in [3.8, 4) is 0 Å². The van der Waals surface area contributed by atoms with E-state index in [-0.39, 0.29) is 6.54 Å². The Kier molecular flexibility index (Phi) is 6.13. The number of carbonyl (C=O) groups excluding carboxylic acids is 2. The second-order valence-electron chi connectivity index (χ2n) is 5.73. The highest BCUT2D eigenvalue weighted by atomic mass is 16.4. The molecule has 1 aliphatic heterocycles. The van der Waals surface area contributed by atoms with Gasteiger partial charge in [0.1, 0.15) is 12.2 Å². The summed E-state index contributed by atoms with van der Waals surface area (Å²) in [5.41, 5.74) is 0.608. The number of anilines is 1. The Hall–Kier alpha value is -2.16. The summed E-state index contributed by atoms with van der Waals surface area (Å²) in [6, 6.07) is 7.53. The van der Waals surface area contributed by atoms with Gasteiger partial charge in [-0.25, -0.2) is 4.79 Å². The van der Waals surface area contributed by atoms with Crippen LogP contribution in [0.15, 0.2) is 30.3 Å². The molecule has 8 nitrogen and oxygen atoms in total. The van der Waals surface area contributed by atoms with E-state index < -0.39 is 36.3 Å². The summed E-state index contributed by atoms with van der Waals surface area (Å²) in [7, 11) is 0. The van der Waals surface area contributed by atoms with Crippen LogP contribution in [0.1, 0.15) is 13.3 Å². The fraction of sp³-hybridized carbons (Fsp3) is 0.500. The Morgan fingerprint density at radius 2 is 1.83 bits per heavy atom. The molecule has 0 radical (unpaired) electrons. The fourth-order valence-electron chi connectivity index (χ4n) is 2.72. The molecule has 2 rings (SSSR count). The first-order valence-electron chi connectivity index (χ1n) is 7.90. The number of likely N-dealkylation sites (tertiary alicyclic amines) is 1. The molecule has 8 heteroatoms. The largest absolute Gasteiger partial charge is 0.388 e. The number of benzene rings is 1. The highest BCUT2D eigenvalue weighted by Crippen LogP contribution is 2.20. The van der Waals surface area contributed by atoms with E-state index in [2.05, 4.69) is 10.6 Å². The maximum Gasteiger partial charge on any atom is 0.319 e. The number of urea groups is 1. The van der Waals surface area contributed by atoms with Gasteiger partial charge in [-0.05, 0) is 18.6 Å². The van der Waals surface area contributed by atoms with Crippen molar-refractivity contribution in [2.75, 3.05) is 18.4 Å². The molecule has 132 valence electrons. The monoisotopic (exact) mass is 337 g/mol. The molecule has 1 aromatic rings. The van der Waals surface area contributed by atoms with Gasteiger partial charge in [-0.2, -0.15) is 0 Å². The van der Waals surface area contributed by atoms with E-state index in [1.165, 1.54) is 4.90 Å². The summed E-state index contributed by atoms with van der Waals surface area (Å²) in [5, 5.41) is 34.9. The van der Waals surface area contributed by atoms with Gasteiger partial charge in [0.2, 0.25) is 0 Å². The summed E-state index contributed by atoms with van der Waals surface area (Å²) in [5.74, 6) is -0.648. The minimum atomic E-state index is -1.65. The number of hydrogen-bond acceptors (Lipinski definition) is 5. The van der Waals surface area contributed by atoms with Gasteiger partial charge in [-0.1, -0.05) is 25.1 Å². The van der Waals surface area contributed by atoms with Crippen LogP contribution < -0.4 is 10.6 Å². The van der Waals surface area contributed by atoms with Gasteiger partial charge >= 0.3 is 6.03 Å². The molecular formula is C16H23N3O5. The van der Waals surface area contributed by atoms with Crippen molar-refractivity contribution in [3.63, 3.8) is 0 Å². The average molecular weight is 337 g/mol. The molecule has 0 aromatic heterocycles. The molecule has 0 aliphatic carbocycles. The predicted octanol–water partition coefficient (Wildman–Crippen LogP) is -0.488. The Balaban J connectivity index is 1.99. The molecule has 1 fully saturated rings. The van der Waals surface area contributed by atoms with E-state index in [4.69, 9.17) is 0 Å². The maximum atomic E-state index is 12.1. The number of hydrogen-bond donors (Lipinski definition) is 5. The number of aliphatic hydroxyl groups excluding tert-OH is 3. The van der Waals surface area contributed by atoms with E-state index in [1.807, 2.05) is 13.0 Å². The van der Waals surface area contributed by atoms with Gasteiger partial charge in [0.05, 0.1) is 6.04 Å². The van der Waals surface area contributed by atoms with Gasteiger partial charge in [-0.3, -0.25) is 4.79 Å². The molecular weight excluding hydrogens is 314 g/mol. The lowest BCUT2D eigenvalue weighted by Gasteiger charge is -2.43. The van der Waals surface area contributed by atoms with Crippen LogP contribution in [0.5, 0.6) is 0 Å². The zero-order chi connectivity index (χ0) is 17.7. The Labute approximate surface area is 140 Å². The van der Waals surface area contributed by atoms with E-state index in [0.717, 1.165) is 0 Å². The number of nitrogens with one attached hydrogen (secondary N) is 2. The molecule has 1 aliphatic rings. The first-order valence-corrected chi connectivity index (χ1v) is 7.90. The highest BCUT2D eigenvalue weighted by molar-refractivity contribution is 5.89. The van der Waals surface area contributed by atoms with Crippen LogP contribution in [-0.2, 0) is 4.79 Å². The van der Waals surface area contributed by atoms with Crippen molar-refractivity contribution in [1.29, 1.82) is 0 Å². The third-order valence-electron chi connectivity index (χ3n) is 3.97. The van der Waals surface area contributed by atoms with Crippen LogP contribution in [0, 0.1) is 0 Å². The number of nitrogens with zero attached hydrogens (tertiary/aromatic N) is 1. The summed E-state index contributed by atoms with van der Waals surface area (Å²) in [6.07, 6.45) is -3.95. The Bertz CT molecular complexity index is 568. The lowest BCUT2D eigenvalue weighted by Crippen LogP contribution is -2.66. The van der Waals surface area contributed by atoms with Crippen LogP contribution >= 0.6 is 0 Å². The van der Waals surface area contributed by atoms with Crippen LogP contribution in [0.3, 0.4) is 0 Å². The number of para-hydroxylation sites is 1. The quantitative estimate of drug-likeness (QED) is 0.496. The topological polar surface area (TPSA) is 122 Å². The molecule has 0 spiro atoms. The van der Waals surface area contributed by atoms with Crippen molar-refractivity contribution >= 4 is 17.6 Å². The fourth-order valence-corrected chi connectivity index (χ4v) is 2.72. The number of rotatable bonds is 5. The normalized spacial score (nSPS) is 27.0. The molecule has 1 saturated heterocycles. The van der Waals surface area contributed by atoms with Crippen molar-refractivity contribution in [1.82, 2.24) is 10.2 Å². The van der Waals surface area contributed by atoms with Crippen LogP contribution in [0.2, 0.25) is 0 Å². The van der Waals surface area contributed by atoms with Crippen molar-refractivity contribution in [2.45, 2.75) is 37.7 Å². The standard InChI is InChI=1S/C16H23N3O5/c1-2-8-19-11(12(20)13(21)14(22)15(19)23)9-17-16(24)18-10-6-4-3-5-7-10/h3-7,11-14,20-22H,2,8-9H2,1H3,(H2,17,18,24)/t11-,12-,13-,14-/m1/s1. The molecule has 0 bridgehead atoms. The Morgan fingerprint density at radius 1 is 1.17 bits per heavy atom. The average Bonchev–Trinajstić information content (AvgIpc) is 2.58. The second kappa shape index (κ2) is 8.09. The van der Waals surface area contributed by atoms with E-state index in [9.17, 15) is 24.9 Å². The molecule has 4 atom stereocenters. The second-order valence-corrected chi connectivity index (χ2v) is 5.73. The summed E-state index contributed by atoms with van der Waals surface area (Å²) in [6.45, 7) is 2.12. The van der Waals surface area contributed by atoms with Crippen LogP contribution in [-0.4, -0.2) is 69.6 Å². The minimum absolute atomic E-state index is 0.0463. The van der Waals surface area contributed by atoms with Crippen molar-refractivity contribution in [2.24, 2.45) is 0 Å². The van der Waals surface area contributed by atoms with Gasteiger partial charge in [0.15, 0.2) is 6.10 Å². The lowest BCUT2D eigenvalue weighted by molar-refractivity contribution is -0.175. The van der Waals surface area contributed by atoms with Crippen molar-refractivity contribution < 1.29 is 24.9 Å². The van der Waals surface area contributed by atoms with Gasteiger partial charge in [0, 0.05) is 18.8 Å². The zero-order valence-corrected chi connectivity index (χ0v) is 13.4. The first-order chi connectivity index (χ1) is 11.5. The summed E-state index contributed by atoms with van der Waals surface area (Å²) >= 11 is 0. The van der Waals surface area contributed by atoms with Crippen molar-refractivity contribution in [3.05, 3.63) is 30.3 Å². The van der Waals surface area contributed by atoms with Gasteiger partial charge in [-0.15, -0.1) is 0 Å². The first kappa shape index (κ1) is 18.2. The van der Waals surface area contributed by atoms with Crippen LogP contribution in [0.4, 0.5) is 10.5 Å². The minimum Gasteiger partial charge on any atom is -0.388 e. The van der Waals surface area contributed by atoms with E-state index in [0.29, 0.717) is 18.7 Å². The highest BCUT2D eigenvalue weighted by Gasteiger charge is 2.46. The molecule has 0 unspecified atom stereocenters. The number of aliphatic hydroxyl groups is 3. The molecule has 5 N–H and O–H groups in total. The number of carbonyl (C=O) groups is 2. The third-order valence-corrected chi connectivity index (χ3v) is 3.97. The van der Waals surface area contributed by atoms with Crippen LogP contribution in [0.25, 0.3) is 0 Å². The molecule has 24 heavy (non-hydrogen) atoms. The summed E-state index contributed by atoms with van der Waals surface area (Å²) in [4.78, 5) is 25.3. The van der Waals surface area contributed by atoms with Gasteiger partial charge < -0.3 is 30.9 Å². The number of piperidine rings is 1. The maximum absolute atomic E-state index is 12.1. The Morgan fingerprint density at radius 3 is 2.46 bits per heavy atom. The predicted molar refractivity (Wildman–Crippen MR) is 87.3 cm³/mol. The van der Waals surface area contributed by atoms with E-state index >= 15 is 0 Å². The smallest absolute Gasteiger partial charge is 0.319 e. The van der Waals surface area contributed by atoms with Gasteiger partial charge in [0.25, 0.3) is 5.91 Å². The molecule has 0 saturated carbocycles. The molecule has 3 amide bonds.